The van der Waals surface area contributed by atoms with Gasteiger partial charge in [0.1, 0.15) is 0 Å². The van der Waals surface area contributed by atoms with Gasteiger partial charge in [0.2, 0.25) is 5.91 Å². The van der Waals surface area contributed by atoms with Gasteiger partial charge < -0.3 is 19.3 Å². The second-order valence-corrected chi connectivity index (χ2v) is 10.0. The first-order chi connectivity index (χ1) is 15.2. The van der Waals surface area contributed by atoms with Crippen molar-refractivity contribution in [3.63, 3.8) is 0 Å². The van der Waals surface area contributed by atoms with Crippen molar-refractivity contribution in [2.24, 2.45) is 17.3 Å². The molecule has 3 fully saturated rings. The molecule has 1 spiro atoms. The molecule has 0 radical (unpaired) electrons. The van der Waals surface area contributed by atoms with Gasteiger partial charge in [-0.3, -0.25) is 4.79 Å². The van der Waals surface area contributed by atoms with E-state index in [1.165, 1.54) is 11.1 Å². The van der Waals surface area contributed by atoms with Crippen molar-refractivity contribution >= 4 is 5.91 Å². The molecule has 6 heteroatoms. The highest BCUT2D eigenvalue weighted by Gasteiger charge is 2.58. The second kappa shape index (κ2) is 7.45. The van der Waals surface area contributed by atoms with E-state index in [-0.39, 0.29) is 23.5 Å². The molecule has 1 aliphatic carbocycles. The Morgan fingerprint density at radius 1 is 1.19 bits per heavy atom. The van der Waals surface area contributed by atoms with Crippen molar-refractivity contribution in [1.29, 1.82) is 0 Å². The Bertz CT molecular complexity index is 972. The van der Waals surface area contributed by atoms with E-state index in [4.69, 9.17) is 4.74 Å². The molecular formula is C25H31N3O3. The van der Waals surface area contributed by atoms with Crippen LogP contribution in [0.5, 0.6) is 0 Å². The van der Waals surface area contributed by atoms with E-state index in [1.807, 2.05) is 17.4 Å². The molecule has 164 valence electrons. The second-order valence-electron chi connectivity index (χ2n) is 10.0. The average molecular weight is 422 g/mol. The number of hydrogen-bond donors (Lipinski definition) is 1. The van der Waals surface area contributed by atoms with E-state index in [2.05, 4.69) is 33.8 Å². The lowest BCUT2D eigenvalue weighted by Crippen LogP contribution is -2.60. The summed E-state index contributed by atoms with van der Waals surface area (Å²) in [4.78, 5) is 19.2. The fraction of sp³-hybridized carbons (Fsp3) is 0.600. The average Bonchev–Trinajstić information content (AvgIpc) is 3.40. The van der Waals surface area contributed by atoms with Crippen molar-refractivity contribution in [3.05, 3.63) is 42.4 Å². The summed E-state index contributed by atoms with van der Waals surface area (Å²) in [7, 11) is 0. The Kier molecular flexibility index (Phi) is 4.69. The third kappa shape index (κ3) is 3.06. The minimum Gasteiger partial charge on any atom is -0.392 e. The number of nitrogens with zero attached hydrogens (tertiary/aromatic N) is 3. The summed E-state index contributed by atoms with van der Waals surface area (Å²) in [6.07, 6.45) is 9.02. The molecule has 2 saturated heterocycles. The molecule has 2 aromatic rings. The third-order valence-corrected chi connectivity index (χ3v) is 8.52. The van der Waals surface area contributed by atoms with Crippen LogP contribution >= 0.6 is 0 Å². The lowest BCUT2D eigenvalue weighted by molar-refractivity contribution is -0.165. The molecule has 4 heterocycles. The van der Waals surface area contributed by atoms with Crippen LogP contribution in [0.4, 0.5) is 0 Å². The van der Waals surface area contributed by atoms with Gasteiger partial charge in [0.25, 0.3) is 0 Å². The summed E-state index contributed by atoms with van der Waals surface area (Å²) in [5, 5.41) is 11.4. The van der Waals surface area contributed by atoms with Crippen molar-refractivity contribution in [1.82, 2.24) is 14.5 Å². The van der Waals surface area contributed by atoms with Gasteiger partial charge in [0.05, 0.1) is 30.4 Å². The number of aliphatic hydroxyl groups excluding tert-OH is 1. The van der Waals surface area contributed by atoms with Gasteiger partial charge in [0.15, 0.2) is 0 Å². The van der Waals surface area contributed by atoms with Gasteiger partial charge in [-0.05, 0) is 43.6 Å². The summed E-state index contributed by atoms with van der Waals surface area (Å²) in [6, 6.07) is 8.69. The number of benzene rings is 1. The topological polar surface area (TPSA) is 67.6 Å². The van der Waals surface area contributed by atoms with Gasteiger partial charge in [-0.2, -0.15) is 0 Å². The summed E-state index contributed by atoms with van der Waals surface area (Å²) >= 11 is 0. The highest BCUT2D eigenvalue weighted by molar-refractivity contribution is 5.76. The number of carbonyl (C=O) groups excluding carboxylic acids is 1. The molecular weight excluding hydrogens is 390 g/mol. The van der Waals surface area contributed by atoms with Gasteiger partial charge in [-0.25, -0.2) is 4.98 Å². The quantitative estimate of drug-likeness (QED) is 0.826. The van der Waals surface area contributed by atoms with Gasteiger partial charge in [0, 0.05) is 49.6 Å². The highest BCUT2D eigenvalue weighted by atomic mass is 16.5. The van der Waals surface area contributed by atoms with E-state index in [0.717, 1.165) is 64.1 Å². The first-order valence-electron chi connectivity index (χ1n) is 11.8. The Morgan fingerprint density at radius 2 is 1.97 bits per heavy atom. The number of aliphatic hydroxyl groups is 1. The maximum absolute atomic E-state index is 12.8. The number of aromatic nitrogens is 2. The molecule has 1 amide bonds. The maximum Gasteiger partial charge on any atom is 0.222 e. The molecule has 31 heavy (non-hydrogen) atoms. The number of likely N-dealkylation sites (tertiary alicyclic amines) is 1. The molecule has 1 unspecified atom stereocenters. The first-order valence-corrected chi connectivity index (χ1v) is 11.8. The molecule has 1 N–H and O–H groups in total. The van der Waals surface area contributed by atoms with E-state index in [9.17, 15) is 9.90 Å². The van der Waals surface area contributed by atoms with Gasteiger partial charge in [-0.1, -0.05) is 24.3 Å². The van der Waals surface area contributed by atoms with E-state index in [1.54, 1.807) is 0 Å². The van der Waals surface area contributed by atoms with Crippen LogP contribution in [0.1, 0.15) is 50.1 Å². The van der Waals surface area contributed by atoms with Gasteiger partial charge in [-0.15, -0.1) is 0 Å². The van der Waals surface area contributed by atoms with Crippen LogP contribution in [0.25, 0.3) is 11.3 Å². The first kappa shape index (κ1) is 19.5. The standard InChI is InChI=1S/C25H31N3O3/c29-22(13-17-5-11-31-12-6-17)27-9-7-25(8-10-27)14-20(24(25)30)23-19-4-2-1-3-18(19)21-15-26-16-28(21)23/h1-4,15-17,20,23-24,30H,5-14H2/t20-,23?,24+/m0/s1. The number of rotatable bonds is 3. The summed E-state index contributed by atoms with van der Waals surface area (Å²) < 4.78 is 7.67. The van der Waals surface area contributed by atoms with Crippen LogP contribution in [0.3, 0.4) is 0 Å². The largest absolute Gasteiger partial charge is 0.392 e. The van der Waals surface area contributed by atoms with Crippen LogP contribution in [0.15, 0.2) is 36.8 Å². The fourth-order valence-corrected chi connectivity index (χ4v) is 6.62. The minimum absolute atomic E-state index is 0.0294. The molecule has 1 aromatic carbocycles. The normalized spacial score (nSPS) is 29.5. The Balaban J connectivity index is 1.11. The number of hydrogen-bond acceptors (Lipinski definition) is 4. The molecule has 6 rings (SSSR count). The number of fused-ring (bicyclic) bond motifs is 3. The van der Waals surface area contributed by atoms with Crippen LogP contribution in [-0.4, -0.2) is 57.9 Å². The lowest BCUT2D eigenvalue weighted by atomic mass is 9.53. The molecule has 1 saturated carbocycles. The van der Waals surface area contributed by atoms with Crippen molar-refractivity contribution in [2.75, 3.05) is 26.3 Å². The van der Waals surface area contributed by atoms with E-state index < -0.39 is 0 Å². The molecule has 3 aliphatic heterocycles. The van der Waals surface area contributed by atoms with Gasteiger partial charge >= 0.3 is 0 Å². The van der Waals surface area contributed by atoms with E-state index >= 15 is 0 Å². The molecule has 0 bridgehead atoms. The number of carbonyl (C=O) groups is 1. The third-order valence-electron chi connectivity index (χ3n) is 8.52. The smallest absolute Gasteiger partial charge is 0.222 e. The Hall–Kier alpha value is -2.18. The van der Waals surface area contributed by atoms with Crippen molar-refractivity contribution in [3.8, 4) is 11.3 Å². The fourth-order valence-electron chi connectivity index (χ4n) is 6.62. The Labute approximate surface area is 183 Å². The number of amides is 1. The zero-order chi connectivity index (χ0) is 21.0. The van der Waals surface area contributed by atoms with Crippen molar-refractivity contribution < 1.29 is 14.6 Å². The summed E-state index contributed by atoms with van der Waals surface area (Å²) in [5.74, 6) is 0.976. The SMILES string of the molecule is O=C(CC1CCOCC1)N1CCC2(CC1)C[C@@H](C1c3ccccc3-c3cncn31)[C@H]2O. The number of imidazole rings is 1. The highest BCUT2D eigenvalue weighted by Crippen LogP contribution is 2.59. The number of piperidine rings is 1. The predicted molar refractivity (Wildman–Crippen MR) is 116 cm³/mol. The minimum atomic E-state index is -0.327. The molecule has 3 atom stereocenters. The number of ether oxygens (including phenoxy) is 1. The maximum atomic E-state index is 12.8. The molecule has 1 aromatic heterocycles. The van der Waals surface area contributed by atoms with Crippen LogP contribution in [-0.2, 0) is 9.53 Å². The van der Waals surface area contributed by atoms with E-state index in [0.29, 0.717) is 18.2 Å². The zero-order valence-corrected chi connectivity index (χ0v) is 17.9. The predicted octanol–water partition coefficient (Wildman–Crippen LogP) is 3.26. The molecule has 4 aliphatic rings. The lowest BCUT2D eigenvalue weighted by Gasteiger charge is -2.58. The van der Waals surface area contributed by atoms with Crippen LogP contribution in [0.2, 0.25) is 0 Å². The van der Waals surface area contributed by atoms with Crippen LogP contribution < -0.4 is 0 Å². The van der Waals surface area contributed by atoms with Crippen molar-refractivity contribution in [2.45, 2.75) is 50.7 Å². The van der Waals surface area contributed by atoms with Crippen LogP contribution in [0, 0.1) is 17.3 Å². The Morgan fingerprint density at radius 3 is 2.74 bits per heavy atom. The molecule has 6 nitrogen and oxygen atoms in total. The summed E-state index contributed by atoms with van der Waals surface area (Å²) in [5.41, 5.74) is 3.68. The monoisotopic (exact) mass is 421 g/mol. The summed E-state index contributed by atoms with van der Waals surface area (Å²) in [6.45, 7) is 3.14. The zero-order valence-electron chi connectivity index (χ0n) is 17.9.